The molecule has 4 nitrogen and oxygen atoms in total. The van der Waals surface area contributed by atoms with Crippen LogP contribution in [0.4, 0.5) is 0 Å². The highest BCUT2D eigenvalue weighted by atomic mass is 35.5. The standard InChI is InChI=1S/C11H13ClO4/c1-15-9-5-7(3-4-11(13)14)8(12)6-10(9)16-2/h5-6H,3-4H2,1-2H3,(H,13,14). The molecule has 0 fully saturated rings. The van der Waals surface area contributed by atoms with Gasteiger partial charge in [0.25, 0.3) is 0 Å². The average Bonchev–Trinajstić information content (AvgIpc) is 2.26. The average molecular weight is 245 g/mol. The van der Waals surface area contributed by atoms with E-state index in [4.69, 9.17) is 26.2 Å². The summed E-state index contributed by atoms with van der Waals surface area (Å²) in [6, 6.07) is 3.32. The fraction of sp³-hybridized carbons (Fsp3) is 0.364. The summed E-state index contributed by atoms with van der Waals surface area (Å²) in [5.41, 5.74) is 0.738. The monoisotopic (exact) mass is 244 g/mol. The Morgan fingerprint density at radius 3 is 2.38 bits per heavy atom. The van der Waals surface area contributed by atoms with E-state index in [0.29, 0.717) is 22.9 Å². The summed E-state index contributed by atoms with van der Waals surface area (Å²) in [5.74, 6) is 0.227. The van der Waals surface area contributed by atoms with Crippen LogP contribution in [0.1, 0.15) is 12.0 Å². The molecule has 1 aromatic carbocycles. The van der Waals surface area contributed by atoms with Crippen LogP contribution >= 0.6 is 11.6 Å². The van der Waals surface area contributed by atoms with Crippen molar-refractivity contribution < 1.29 is 19.4 Å². The van der Waals surface area contributed by atoms with E-state index in [1.54, 1.807) is 12.1 Å². The van der Waals surface area contributed by atoms with Crippen LogP contribution in [0.25, 0.3) is 0 Å². The highest BCUT2D eigenvalue weighted by Crippen LogP contribution is 2.33. The molecule has 0 aliphatic rings. The van der Waals surface area contributed by atoms with Crippen LogP contribution in [0.15, 0.2) is 12.1 Å². The summed E-state index contributed by atoms with van der Waals surface area (Å²) in [5, 5.41) is 9.08. The molecule has 1 rings (SSSR count). The highest BCUT2D eigenvalue weighted by Gasteiger charge is 2.10. The summed E-state index contributed by atoms with van der Waals surface area (Å²) in [7, 11) is 3.04. The largest absolute Gasteiger partial charge is 0.493 e. The maximum absolute atomic E-state index is 10.5. The molecular formula is C11H13ClO4. The van der Waals surface area contributed by atoms with E-state index in [2.05, 4.69) is 0 Å². The number of carboxylic acid groups (broad SMARTS) is 1. The van der Waals surface area contributed by atoms with Gasteiger partial charge in [-0.05, 0) is 18.1 Å². The van der Waals surface area contributed by atoms with Gasteiger partial charge in [0.1, 0.15) is 0 Å². The number of aliphatic carboxylic acids is 1. The number of aryl methyl sites for hydroxylation is 1. The quantitative estimate of drug-likeness (QED) is 0.864. The van der Waals surface area contributed by atoms with Crippen LogP contribution in [0.2, 0.25) is 5.02 Å². The molecule has 5 heteroatoms. The number of hydrogen-bond donors (Lipinski definition) is 1. The molecule has 1 aromatic rings. The van der Waals surface area contributed by atoms with E-state index in [-0.39, 0.29) is 6.42 Å². The Labute approximate surface area is 98.7 Å². The molecule has 0 saturated heterocycles. The lowest BCUT2D eigenvalue weighted by molar-refractivity contribution is -0.136. The molecule has 1 N–H and O–H groups in total. The minimum atomic E-state index is -0.856. The molecule has 0 aromatic heterocycles. The fourth-order valence-corrected chi connectivity index (χ4v) is 1.58. The lowest BCUT2D eigenvalue weighted by Crippen LogP contribution is -1.99. The first-order valence-corrected chi connectivity index (χ1v) is 5.08. The lowest BCUT2D eigenvalue weighted by Gasteiger charge is -2.10. The summed E-state index contributed by atoms with van der Waals surface area (Å²) in [6.45, 7) is 0. The lowest BCUT2D eigenvalue weighted by atomic mass is 10.1. The van der Waals surface area contributed by atoms with Crippen molar-refractivity contribution in [3.8, 4) is 11.5 Å². The summed E-state index contributed by atoms with van der Waals surface area (Å²) in [6.07, 6.45) is 0.406. The SMILES string of the molecule is COc1cc(Cl)c(CCC(=O)O)cc1OC. The Hall–Kier alpha value is -1.42. The Balaban J connectivity index is 2.96. The molecule has 0 amide bonds. The van der Waals surface area contributed by atoms with Gasteiger partial charge in [-0.1, -0.05) is 11.6 Å². The normalized spacial score (nSPS) is 9.94. The van der Waals surface area contributed by atoms with E-state index >= 15 is 0 Å². The van der Waals surface area contributed by atoms with Crippen molar-refractivity contribution in [2.45, 2.75) is 12.8 Å². The Morgan fingerprint density at radius 2 is 1.88 bits per heavy atom. The summed E-state index contributed by atoms with van der Waals surface area (Å²) < 4.78 is 10.2. The molecule has 16 heavy (non-hydrogen) atoms. The van der Waals surface area contributed by atoms with E-state index in [0.717, 1.165) is 5.56 Å². The van der Waals surface area contributed by atoms with Crippen molar-refractivity contribution in [3.63, 3.8) is 0 Å². The molecule has 0 aliphatic heterocycles. The third-order valence-electron chi connectivity index (χ3n) is 2.16. The van der Waals surface area contributed by atoms with Crippen molar-refractivity contribution >= 4 is 17.6 Å². The third kappa shape index (κ3) is 3.03. The first kappa shape index (κ1) is 12.6. The maximum Gasteiger partial charge on any atom is 0.303 e. The minimum Gasteiger partial charge on any atom is -0.493 e. The molecule has 0 bridgehead atoms. The predicted molar refractivity (Wildman–Crippen MR) is 60.5 cm³/mol. The molecule has 0 unspecified atom stereocenters. The van der Waals surface area contributed by atoms with E-state index < -0.39 is 5.97 Å². The van der Waals surface area contributed by atoms with E-state index in [9.17, 15) is 4.79 Å². The zero-order valence-corrected chi connectivity index (χ0v) is 9.87. The van der Waals surface area contributed by atoms with Gasteiger partial charge < -0.3 is 14.6 Å². The van der Waals surface area contributed by atoms with Gasteiger partial charge in [-0.15, -0.1) is 0 Å². The Bertz CT molecular complexity index is 390. The van der Waals surface area contributed by atoms with Gasteiger partial charge in [0.05, 0.1) is 14.2 Å². The van der Waals surface area contributed by atoms with Crippen LogP contribution < -0.4 is 9.47 Å². The molecule has 0 aliphatic carbocycles. The van der Waals surface area contributed by atoms with E-state index in [1.807, 2.05) is 0 Å². The highest BCUT2D eigenvalue weighted by molar-refractivity contribution is 6.31. The molecule has 0 spiro atoms. The molecular weight excluding hydrogens is 232 g/mol. The van der Waals surface area contributed by atoms with Gasteiger partial charge in [-0.3, -0.25) is 4.79 Å². The predicted octanol–water partition coefficient (Wildman–Crippen LogP) is 2.37. The molecule has 88 valence electrons. The summed E-state index contributed by atoms with van der Waals surface area (Å²) >= 11 is 5.99. The van der Waals surface area contributed by atoms with Gasteiger partial charge in [0.15, 0.2) is 11.5 Å². The van der Waals surface area contributed by atoms with Crippen LogP contribution in [0.5, 0.6) is 11.5 Å². The molecule has 0 heterocycles. The number of halogens is 1. The number of benzene rings is 1. The second-order valence-electron chi connectivity index (χ2n) is 3.19. The Morgan fingerprint density at radius 1 is 1.31 bits per heavy atom. The second kappa shape index (κ2) is 5.61. The van der Waals surface area contributed by atoms with Gasteiger partial charge >= 0.3 is 5.97 Å². The van der Waals surface area contributed by atoms with Crippen molar-refractivity contribution in [2.75, 3.05) is 14.2 Å². The van der Waals surface area contributed by atoms with Crippen LogP contribution in [-0.4, -0.2) is 25.3 Å². The zero-order chi connectivity index (χ0) is 12.1. The van der Waals surface area contributed by atoms with Gasteiger partial charge in [0.2, 0.25) is 0 Å². The fourth-order valence-electron chi connectivity index (χ4n) is 1.33. The summed E-state index contributed by atoms with van der Waals surface area (Å²) in [4.78, 5) is 10.5. The smallest absolute Gasteiger partial charge is 0.303 e. The van der Waals surface area contributed by atoms with Gasteiger partial charge in [-0.2, -0.15) is 0 Å². The molecule has 0 radical (unpaired) electrons. The molecule has 0 saturated carbocycles. The van der Waals surface area contributed by atoms with Crippen LogP contribution in [-0.2, 0) is 11.2 Å². The minimum absolute atomic E-state index is 0.0369. The maximum atomic E-state index is 10.5. The number of carboxylic acids is 1. The van der Waals surface area contributed by atoms with Gasteiger partial charge in [-0.25, -0.2) is 0 Å². The van der Waals surface area contributed by atoms with Crippen molar-refractivity contribution in [1.29, 1.82) is 0 Å². The van der Waals surface area contributed by atoms with Crippen LogP contribution in [0.3, 0.4) is 0 Å². The first-order valence-electron chi connectivity index (χ1n) is 4.70. The van der Waals surface area contributed by atoms with E-state index in [1.165, 1.54) is 14.2 Å². The number of hydrogen-bond acceptors (Lipinski definition) is 3. The second-order valence-corrected chi connectivity index (χ2v) is 3.60. The number of carbonyl (C=O) groups is 1. The topological polar surface area (TPSA) is 55.8 Å². The van der Waals surface area contributed by atoms with Crippen LogP contribution in [0, 0.1) is 0 Å². The third-order valence-corrected chi connectivity index (χ3v) is 2.51. The first-order chi connectivity index (χ1) is 7.58. The molecule has 0 atom stereocenters. The van der Waals surface area contributed by atoms with Crippen molar-refractivity contribution in [2.24, 2.45) is 0 Å². The number of ether oxygens (including phenoxy) is 2. The zero-order valence-electron chi connectivity index (χ0n) is 9.12. The van der Waals surface area contributed by atoms with Crippen molar-refractivity contribution in [1.82, 2.24) is 0 Å². The Kier molecular flexibility index (Phi) is 4.43. The van der Waals surface area contributed by atoms with Gasteiger partial charge in [0, 0.05) is 17.5 Å². The number of rotatable bonds is 5. The van der Waals surface area contributed by atoms with Crippen molar-refractivity contribution in [3.05, 3.63) is 22.7 Å². The number of methoxy groups -OCH3 is 2.